The Morgan fingerprint density at radius 2 is 1.91 bits per heavy atom. The van der Waals surface area contributed by atoms with E-state index >= 15 is 0 Å². The van der Waals surface area contributed by atoms with Crippen molar-refractivity contribution in [3.8, 4) is 0 Å². The minimum absolute atomic E-state index is 0.972. The second-order valence-electron chi connectivity index (χ2n) is 3.01. The van der Waals surface area contributed by atoms with Crippen molar-refractivity contribution in [3.63, 3.8) is 0 Å². The number of nitrogens with zero attached hydrogens (tertiary/aromatic N) is 1. The Morgan fingerprint density at radius 1 is 1.27 bits per heavy atom. The van der Waals surface area contributed by atoms with Crippen molar-refractivity contribution >= 4 is 0 Å². The number of hydrogen-bond acceptors (Lipinski definition) is 1. The molecule has 1 aromatic carbocycles. The van der Waals surface area contributed by atoms with Crippen LogP contribution in [0.1, 0.15) is 11.1 Å². The third-order valence-corrected chi connectivity index (χ3v) is 1.60. The highest BCUT2D eigenvalue weighted by atomic mass is 15.0. The van der Waals surface area contributed by atoms with Crippen LogP contribution in [0.15, 0.2) is 24.3 Å². The zero-order valence-corrected chi connectivity index (χ0v) is 7.17. The monoisotopic (exact) mass is 148 g/mol. The van der Waals surface area contributed by atoms with Gasteiger partial charge in [-0.3, -0.25) is 0 Å². The maximum absolute atomic E-state index is 3.95. The van der Waals surface area contributed by atoms with Gasteiger partial charge in [0.15, 0.2) is 0 Å². The summed E-state index contributed by atoms with van der Waals surface area (Å²) in [7, 11) is 4.12. The summed E-state index contributed by atoms with van der Waals surface area (Å²) in [5, 5.41) is 0. The average Bonchev–Trinajstić information content (AvgIpc) is 1.93. The summed E-state index contributed by atoms with van der Waals surface area (Å²) in [5.74, 6) is 0. The third kappa shape index (κ3) is 2.35. The van der Waals surface area contributed by atoms with E-state index in [2.05, 4.69) is 32.0 Å². The molecule has 0 saturated heterocycles. The smallest absolute Gasteiger partial charge is 0.0230 e. The fourth-order valence-electron chi connectivity index (χ4n) is 1.05. The first-order chi connectivity index (χ1) is 5.20. The summed E-state index contributed by atoms with van der Waals surface area (Å²) in [5.41, 5.74) is 2.43. The second-order valence-corrected chi connectivity index (χ2v) is 3.01. The van der Waals surface area contributed by atoms with Crippen molar-refractivity contribution in [2.75, 3.05) is 14.1 Å². The van der Waals surface area contributed by atoms with E-state index < -0.39 is 0 Å². The molecule has 0 N–H and O–H groups in total. The molecule has 1 radical (unpaired) electrons. The quantitative estimate of drug-likeness (QED) is 0.619. The molecule has 0 aromatic heterocycles. The van der Waals surface area contributed by atoms with E-state index in [1.807, 2.05) is 18.2 Å². The Kier molecular flexibility index (Phi) is 2.66. The summed E-state index contributed by atoms with van der Waals surface area (Å²) < 4.78 is 0. The minimum Gasteiger partial charge on any atom is -0.305 e. The fraction of sp³-hybridized carbons (Fsp3) is 0.300. The van der Waals surface area contributed by atoms with Crippen LogP contribution in [-0.4, -0.2) is 19.0 Å². The summed E-state index contributed by atoms with van der Waals surface area (Å²) >= 11 is 0. The molecule has 0 aliphatic carbocycles. The van der Waals surface area contributed by atoms with Crippen LogP contribution in [0.2, 0.25) is 0 Å². The summed E-state index contributed by atoms with van der Waals surface area (Å²) in [6.07, 6.45) is 0. The van der Waals surface area contributed by atoms with Gasteiger partial charge in [0.1, 0.15) is 0 Å². The van der Waals surface area contributed by atoms with Crippen molar-refractivity contribution in [3.05, 3.63) is 42.3 Å². The van der Waals surface area contributed by atoms with Crippen LogP contribution in [-0.2, 0) is 6.54 Å². The molecule has 1 aromatic rings. The highest BCUT2D eigenvalue weighted by Gasteiger charge is 1.96. The molecule has 0 unspecified atom stereocenters. The Balaban J connectivity index is 2.78. The van der Waals surface area contributed by atoms with Gasteiger partial charge in [0.05, 0.1) is 0 Å². The van der Waals surface area contributed by atoms with Crippen LogP contribution in [0.4, 0.5) is 0 Å². The molecule has 0 aliphatic heterocycles. The molecule has 0 bridgehead atoms. The second kappa shape index (κ2) is 3.54. The normalized spacial score (nSPS) is 10.5. The molecule has 0 atom stereocenters. The Bertz CT molecular complexity index is 228. The maximum Gasteiger partial charge on any atom is 0.0230 e. The number of hydrogen-bond donors (Lipinski definition) is 0. The van der Waals surface area contributed by atoms with Crippen LogP contribution in [0.25, 0.3) is 0 Å². The Hall–Kier alpha value is -0.820. The van der Waals surface area contributed by atoms with Crippen molar-refractivity contribution in [1.29, 1.82) is 0 Å². The van der Waals surface area contributed by atoms with E-state index in [4.69, 9.17) is 0 Å². The standard InChI is InChI=1S/C10H14N/c1-9-6-4-5-7-10(9)8-11(2)3/h4-7H,1,8H2,2-3H3. The van der Waals surface area contributed by atoms with Crippen molar-refractivity contribution in [2.24, 2.45) is 0 Å². The molecule has 1 nitrogen and oxygen atoms in total. The molecular formula is C10H14N. The van der Waals surface area contributed by atoms with Gasteiger partial charge in [-0.25, -0.2) is 0 Å². The van der Waals surface area contributed by atoms with Crippen LogP contribution >= 0.6 is 0 Å². The van der Waals surface area contributed by atoms with Gasteiger partial charge in [0, 0.05) is 6.54 Å². The summed E-state index contributed by atoms with van der Waals surface area (Å²) in [4.78, 5) is 2.14. The van der Waals surface area contributed by atoms with Gasteiger partial charge in [0.25, 0.3) is 0 Å². The van der Waals surface area contributed by atoms with Gasteiger partial charge < -0.3 is 4.90 Å². The lowest BCUT2D eigenvalue weighted by Gasteiger charge is -2.11. The first-order valence-electron chi connectivity index (χ1n) is 3.75. The van der Waals surface area contributed by atoms with Gasteiger partial charge in [-0.05, 0) is 32.1 Å². The highest BCUT2D eigenvalue weighted by Crippen LogP contribution is 2.07. The molecule has 59 valence electrons. The highest BCUT2D eigenvalue weighted by molar-refractivity contribution is 5.28. The lowest BCUT2D eigenvalue weighted by molar-refractivity contribution is 0.402. The molecule has 11 heavy (non-hydrogen) atoms. The molecule has 0 saturated carbocycles. The maximum atomic E-state index is 3.95. The molecule has 0 aliphatic rings. The van der Waals surface area contributed by atoms with Crippen molar-refractivity contribution in [2.45, 2.75) is 6.54 Å². The third-order valence-electron chi connectivity index (χ3n) is 1.60. The lowest BCUT2D eigenvalue weighted by atomic mass is 10.1. The predicted octanol–water partition coefficient (Wildman–Crippen LogP) is 1.93. The largest absolute Gasteiger partial charge is 0.305 e. The van der Waals surface area contributed by atoms with Gasteiger partial charge in [-0.2, -0.15) is 0 Å². The van der Waals surface area contributed by atoms with Crippen LogP contribution in [0.3, 0.4) is 0 Å². The molecule has 0 amide bonds. The SMILES string of the molecule is [CH2]c1ccccc1CN(C)C. The van der Waals surface area contributed by atoms with E-state index in [9.17, 15) is 0 Å². The Labute approximate surface area is 68.7 Å². The molecule has 0 heterocycles. The topological polar surface area (TPSA) is 3.24 Å². The van der Waals surface area contributed by atoms with E-state index in [0.717, 1.165) is 12.1 Å². The van der Waals surface area contributed by atoms with Gasteiger partial charge in [-0.1, -0.05) is 24.3 Å². The predicted molar refractivity (Wildman–Crippen MR) is 48.3 cm³/mol. The van der Waals surface area contributed by atoms with Gasteiger partial charge in [0.2, 0.25) is 0 Å². The van der Waals surface area contributed by atoms with Crippen molar-refractivity contribution < 1.29 is 0 Å². The van der Waals surface area contributed by atoms with Gasteiger partial charge in [-0.15, -0.1) is 0 Å². The first-order valence-corrected chi connectivity index (χ1v) is 3.75. The minimum atomic E-state index is 0.972. The average molecular weight is 148 g/mol. The van der Waals surface area contributed by atoms with Crippen LogP contribution < -0.4 is 0 Å². The first kappa shape index (κ1) is 8.28. The van der Waals surface area contributed by atoms with Crippen molar-refractivity contribution in [1.82, 2.24) is 4.90 Å². The van der Waals surface area contributed by atoms with Crippen LogP contribution in [0, 0.1) is 6.92 Å². The van der Waals surface area contributed by atoms with Gasteiger partial charge >= 0.3 is 0 Å². The summed E-state index contributed by atoms with van der Waals surface area (Å²) in [6, 6.07) is 8.22. The Morgan fingerprint density at radius 3 is 2.45 bits per heavy atom. The van der Waals surface area contributed by atoms with E-state index in [1.165, 1.54) is 5.56 Å². The molecule has 1 rings (SSSR count). The number of rotatable bonds is 2. The molecular weight excluding hydrogens is 134 g/mol. The molecule has 0 fully saturated rings. The fourth-order valence-corrected chi connectivity index (χ4v) is 1.05. The number of benzene rings is 1. The zero-order chi connectivity index (χ0) is 8.27. The van der Waals surface area contributed by atoms with Crippen LogP contribution in [0.5, 0.6) is 0 Å². The lowest BCUT2D eigenvalue weighted by Crippen LogP contribution is -2.11. The zero-order valence-electron chi connectivity index (χ0n) is 7.17. The molecule has 1 heteroatoms. The molecule has 0 spiro atoms. The van der Waals surface area contributed by atoms with E-state index in [0.29, 0.717) is 0 Å². The van der Waals surface area contributed by atoms with E-state index in [-0.39, 0.29) is 0 Å². The summed E-state index contributed by atoms with van der Waals surface area (Å²) in [6.45, 7) is 4.92. The van der Waals surface area contributed by atoms with E-state index in [1.54, 1.807) is 0 Å².